The number of carbonyl (C=O) groups is 3. The summed E-state index contributed by atoms with van der Waals surface area (Å²) in [4.78, 5) is 37.0. The van der Waals surface area contributed by atoms with Gasteiger partial charge in [0.05, 0.1) is 38.6 Å². The van der Waals surface area contributed by atoms with Crippen LogP contribution in [0.2, 0.25) is 0 Å². The molecule has 58 heavy (non-hydrogen) atoms. The lowest BCUT2D eigenvalue weighted by molar-refractivity contribution is -0.387. The van der Waals surface area contributed by atoms with E-state index in [1.165, 1.54) is 0 Å². The Morgan fingerprint density at radius 3 is 1.84 bits per heavy atom. The number of rotatable bonds is 16. The second-order valence-corrected chi connectivity index (χ2v) is 14.1. The lowest BCUT2D eigenvalue weighted by atomic mass is 9.88. The zero-order valence-electron chi connectivity index (χ0n) is 30.6. The van der Waals surface area contributed by atoms with Gasteiger partial charge < -0.3 is 120 Å². The number of ether oxygens (including phenoxy) is 7. The average Bonchev–Trinajstić information content (AvgIpc) is 3.19. The molecular weight excluding hydrogens is 800 g/mol. The van der Waals surface area contributed by atoms with Gasteiger partial charge in [-0.25, -0.2) is 4.79 Å². The highest BCUT2D eigenvalue weighted by Crippen LogP contribution is 2.39. The van der Waals surface area contributed by atoms with Crippen molar-refractivity contribution in [3.63, 3.8) is 0 Å². The second kappa shape index (κ2) is 20.4. The maximum Gasteiger partial charge on any atom is 0.364 e. The molecule has 0 radical (unpaired) electrons. The van der Waals surface area contributed by atoms with E-state index in [9.17, 15) is 91.0 Å². The minimum Gasteiger partial charge on any atom is -0.477 e. The quantitative estimate of drug-likeness (QED) is 0.0685. The number of nitrogens with one attached hydrogen (secondary N) is 2. The minimum absolute atomic E-state index is 0.813. The Morgan fingerprint density at radius 2 is 1.29 bits per heavy atom. The predicted molar refractivity (Wildman–Crippen MR) is 176 cm³/mol. The number of aliphatic carboxylic acids is 1. The van der Waals surface area contributed by atoms with Crippen LogP contribution in [-0.4, -0.2) is 256 Å². The molecule has 4 saturated heterocycles. The molecule has 2 amide bonds. The van der Waals surface area contributed by atoms with E-state index in [-0.39, 0.29) is 0 Å². The number of hydrogen-bond donors (Lipinski definition) is 17. The van der Waals surface area contributed by atoms with Crippen LogP contribution >= 0.6 is 0 Å². The Hall–Kier alpha value is -2.43. The van der Waals surface area contributed by atoms with Crippen molar-refractivity contribution >= 4 is 17.8 Å². The van der Waals surface area contributed by atoms with Crippen molar-refractivity contribution in [2.45, 2.75) is 142 Å². The molecule has 0 aromatic carbocycles. The molecule has 17 N–H and O–H groups in total. The van der Waals surface area contributed by atoms with Crippen LogP contribution in [0.4, 0.5) is 0 Å². The van der Waals surface area contributed by atoms with Gasteiger partial charge in [-0.15, -0.1) is 0 Å². The SMILES string of the molecule is CC(=O)N[C@H]1[C@H](O[C@@H]2C(O)O[C@H](CO)[C@@H](O)[C@@H]2O)O[C@H](CO)[C@@H](O[C@@H]2O[C@H](CO)[C@H](O)[C@H](O[C@]3(C(=O)O)C[C@H](O)[C@@H](NC(=O)CO)[C@H]([C@H](O)[C@H](O)CO)O3)[C@H]2O)[C@@H]1O. The fraction of sp³-hybridized carbons (Fsp3) is 0.903. The Morgan fingerprint density at radius 1 is 0.707 bits per heavy atom. The number of carboxylic acids is 1. The molecule has 0 aliphatic carbocycles. The molecule has 0 saturated carbocycles. The molecule has 4 rings (SSSR count). The average molecular weight is 853 g/mol. The van der Waals surface area contributed by atoms with Gasteiger partial charge in [-0.05, 0) is 0 Å². The van der Waals surface area contributed by atoms with Crippen LogP contribution in [0, 0.1) is 0 Å². The fourth-order valence-electron chi connectivity index (χ4n) is 7.04. The van der Waals surface area contributed by atoms with Crippen molar-refractivity contribution in [2.24, 2.45) is 0 Å². The largest absolute Gasteiger partial charge is 0.477 e. The molecule has 27 heteroatoms. The summed E-state index contributed by atoms with van der Waals surface area (Å²) < 4.78 is 38.8. The maximum absolute atomic E-state index is 12.8. The first-order chi connectivity index (χ1) is 27.3. The molecule has 4 heterocycles. The van der Waals surface area contributed by atoms with E-state index >= 15 is 0 Å². The van der Waals surface area contributed by atoms with Crippen molar-refractivity contribution in [1.82, 2.24) is 10.6 Å². The summed E-state index contributed by atoms with van der Waals surface area (Å²) in [6, 6.07) is -3.47. The van der Waals surface area contributed by atoms with E-state index in [0.717, 1.165) is 6.92 Å². The van der Waals surface area contributed by atoms with Gasteiger partial charge in [0, 0.05) is 13.3 Å². The third kappa shape index (κ3) is 10.2. The van der Waals surface area contributed by atoms with Crippen molar-refractivity contribution in [2.75, 3.05) is 33.0 Å². The number of carbonyl (C=O) groups excluding carboxylic acids is 2. The standard InChI is InChI=1S/C31H52N2O25/c1-8(39)32-16-20(46)23(13(6-37)54-28(16)56-26-21(47)18(44)11(4-35)52-27(26)49)55-29-22(48)25(19(45)12(5-36)53-29)58-31(30(50)51)2-9(40)15(33-14(42)7-38)24(57-31)17(43)10(41)3-34/h9-13,15-29,34-38,40-41,43-49H,2-7H2,1H3,(H,32,39)(H,33,42)(H,50,51)/t9-,10+,11+,12+,13+,15+,16+,17+,18+,19-,20+,21-,22+,23+,24+,25-,26-,27?,28-,29-,31-/m0/s1. The van der Waals surface area contributed by atoms with Crippen LogP contribution in [-0.2, 0) is 47.5 Å². The molecule has 0 bridgehead atoms. The highest BCUT2D eigenvalue weighted by Gasteiger charge is 2.60. The minimum atomic E-state index is -3.18. The first kappa shape index (κ1) is 48.2. The topological polar surface area (TPSA) is 443 Å². The van der Waals surface area contributed by atoms with E-state index in [1.807, 2.05) is 0 Å². The highest BCUT2D eigenvalue weighted by molar-refractivity contribution is 5.78. The Balaban J connectivity index is 1.63. The lowest BCUT2D eigenvalue weighted by Crippen LogP contribution is -2.71. The van der Waals surface area contributed by atoms with Crippen LogP contribution in [0.15, 0.2) is 0 Å². The fourth-order valence-corrected chi connectivity index (χ4v) is 7.04. The molecule has 0 aromatic rings. The molecule has 21 atom stereocenters. The molecule has 27 nitrogen and oxygen atoms in total. The zero-order valence-corrected chi connectivity index (χ0v) is 30.6. The number of aliphatic hydroxyl groups is 14. The Bertz CT molecular complexity index is 1370. The highest BCUT2D eigenvalue weighted by atomic mass is 16.8. The summed E-state index contributed by atoms with van der Waals surface area (Å²) >= 11 is 0. The smallest absolute Gasteiger partial charge is 0.364 e. The molecule has 4 aliphatic heterocycles. The Kier molecular flexibility index (Phi) is 17.0. The van der Waals surface area contributed by atoms with Gasteiger partial charge in [0.25, 0.3) is 5.79 Å². The summed E-state index contributed by atoms with van der Waals surface area (Å²) in [7, 11) is 0. The van der Waals surface area contributed by atoms with Crippen LogP contribution in [0.25, 0.3) is 0 Å². The molecule has 4 fully saturated rings. The molecule has 4 aliphatic rings. The van der Waals surface area contributed by atoms with E-state index in [4.69, 9.17) is 33.2 Å². The molecule has 336 valence electrons. The van der Waals surface area contributed by atoms with Crippen LogP contribution in [0.3, 0.4) is 0 Å². The van der Waals surface area contributed by atoms with E-state index < -0.39 is 186 Å². The normalized spacial score (nSPS) is 44.5. The lowest BCUT2D eigenvalue weighted by Gasteiger charge is -2.51. The van der Waals surface area contributed by atoms with Crippen molar-refractivity contribution in [3.8, 4) is 0 Å². The summed E-state index contributed by atoms with van der Waals surface area (Å²) in [5.74, 6) is -7.22. The number of amides is 2. The Labute approximate surface area is 327 Å². The van der Waals surface area contributed by atoms with Crippen molar-refractivity contribution in [3.05, 3.63) is 0 Å². The van der Waals surface area contributed by atoms with Gasteiger partial charge >= 0.3 is 5.97 Å². The maximum atomic E-state index is 12.8. The van der Waals surface area contributed by atoms with Crippen molar-refractivity contribution in [1.29, 1.82) is 0 Å². The molecule has 0 aromatic heterocycles. The van der Waals surface area contributed by atoms with Crippen LogP contribution in [0.1, 0.15) is 13.3 Å². The number of carboxylic acid groups (broad SMARTS) is 1. The van der Waals surface area contributed by atoms with Crippen LogP contribution in [0.5, 0.6) is 0 Å². The third-order valence-electron chi connectivity index (χ3n) is 10.1. The van der Waals surface area contributed by atoms with Gasteiger partial charge in [0.2, 0.25) is 11.8 Å². The first-order valence-corrected chi connectivity index (χ1v) is 17.9. The van der Waals surface area contributed by atoms with Gasteiger partial charge in [-0.1, -0.05) is 0 Å². The third-order valence-corrected chi connectivity index (χ3v) is 10.1. The summed E-state index contributed by atoms with van der Waals surface area (Å²) in [5.41, 5.74) is 0. The summed E-state index contributed by atoms with van der Waals surface area (Å²) in [6.07, 6.45) is -36.8. The monoisotopic (exact) mass is 852 g/mol. The van der Waals surface area contributed by atoms with Gasteiger partial charge in [0.15, 0.2) is 18.9 Å². The van der Waals surface area contributed by atoms with E-state index in [0.29, 0.717) is 0 Å². The van der Waals surface area contributed by atoms with E-state index in [1.54, 1.807) is 0 Å². The van der Waals surface area contributed by atoms with Gasteiger partial charge in [0.1, 0.15) is 98.1 Å². The summed E-state index contributed by atoms with van der Waals surface area (Å²) in [5, 5.41) is 160. The zero-order chi connectivity index (χ0) is 43.4. The van der Waals surface area contributed by atoms with Gasteiger partial charge in [-0.3, -0.25) is 9.59 Å². The van der Waals surface area contributed by atoms with Crippen LogP contribution < -0.4 is 10.6 Å². The molecule has 1 unspecified atom stereocenters. The number of hydrogen-bond acceptors (Lipinski definition) is 24. The first-order valence-electron chi connectivity index (χ1n) is 17.9. The number of aliphatic hydroxyl groups excluding tert-OH is 14. The van der Waals surface area contributed by atoms with Gasteiger partial charge in [-0.2, -0.15) is 0 Å². The molecular formula is C31H52N2O25. The van der Waals surface area contributed by atoms with E-state index in [2.05, 4.69) is 10.6 Å². The molecule has 0 spiro atoms. The predicted octanol–water partition coefficient (Wildman–Crippen LogP) is -11.3. The van der Waals surface area contributed by atoms with Crippen molar-refractivity contribution < 1.29 is 124 Å². The summed E-state index contributed by atoms with van der Waals surface area (Å²) in [6.45, 7) is -4.20. The second-order valence-electron chi connectivity index (χ2n) is 14.1.